The van der Waals surface area contributed by atoms with Crippen LogP contribution in [0.4, 0.5) is 23.2 Å². The molecule has 156 valence electrons. The molecule has 0 atom stereocenters. The Morgan fingerprint density at radius 2 is 1.43 bits per heavy atom. The van der Waals surface area contributed by atoms with Crippen LogP contribution in [-0.2, 0) is 6.54 Å². The zero-order chi connectivity index (χ0) is 21.3. The first-order chi connectivity index (χ1) is 14.5. The van der Waals surface area contributed by atoms with Gasteiger partial charge in [0.2, 0.25) is 0 Å². The van der Waals surface area contributed by atoms with Crippen molar-refractivity contribution in [2.45, 2.75) is 19.8 Å². The quantitative estimate of drug-likeness (QED) is 0.245. The van der Waals surface area contributed by atoms with Crippen molar-refractivity contribution in [3.63, 3.8) is 0 Å². The van der Waals surface area contributed by atoms with Crippen LogP contribution >= 0.6 is 0 Å². The highest BCUT2D eigenvalue weighted by Crippen LogP contribution is 2.27. The van der Waals surface area contributed by atoms with E-state index >= 15 is 0 Å². The van der Waals surface area contributed by atoms with Gasteiger partial charge >= 0.3 is 13.2 Å². The molecule has 0 aliphatic rings. The summed E-state index contributed by atoms with van der Waals surface area (Å²) in [6.45, 7) is -5.78. The van der Waals surface area contributed by atoms with Gasteiger partial charge in [0.1, 0.15) is 11.5 Å². The van der Waals surface area contributed by atoms with Gasteiger partial charge in [-0.3, -0.25) is 5.01 Å². The third-order valence-corrected chi connectivity index (χ3v) is 3.99. The average Bonchev–Trinajstić information content (AvgIpc) is 2.73. The number of anilines is 1. The largest absolute Gasteiger partial charge is 0.435 e. The van der Waals surface area contributed by atoms with Crippen molar-refractivity contribution in [3.05, 3.63) is 90.0 Å². The fourth-order valence-corrected chi connectivity index (χ4v) is 2.68. The van der Waals surface area contributed by atoms with Crippen LogP contribution in [0.3, 0.4) is 0 Å². The molecule has 0 N–H and O–H groups in total. The summed E-state index contributed by atoms with van der Waals surface area (Å²) in [5.41, 5.74) is 1.96. The molecule has 0 saturated heterocycles. The smallest absolute Gasteiger partial charge is 0.387 e. The Hall–Kier alpha value is -3.55. The topological polar surface area (TPSA) is 34.1 Å². The third kappa shape index (κ3) is 6.23. The highest BCUT2D eigenvalue weighted by Gasteiger charge is 2.13. The molecule has 3 aromatic carbocycles. The second kappa shape index (κ2) is 10.3. The number of hydrazone groups is 1. The molecule has 8 heteroatoms. The maximum Gasteiger partial charge on any atom is 0.387 e. The zero-order valence-corrected chi connectivity index (χ0v) is 15.7. The molecule has 0 spiro atoms. The van der Waals surface area contributed by atoms with E-state index in [1.807, 2.05) is 60.7 Å². The van der Waals surface area contributed by atoms with Crippen LogP contribution in [0.5, 0.6) is 11.5 Å². The molecule has 0 aliphatic carbocycles. The van der Waals surface area contributed by atoms with E-state index in [2.05, 4.69) is 14.6 Å². The van der Waals surface area contributed by atoms with Gasteiger partial charge in [0, 0.05) is 11.6 Å². The summed E-state index contributed by atoms with van der Waals surface area (Å²) in [6, 6.07) is 22.4. The van der Waals surface area contributed by atoms with Gasteiger partial charge in [-0.25, -0.2) is 0 Å². The van der Waals surface area contributed by atoms with E-state index in [0.717, 1.165) is 17.3 Å². The summed E-state index contributed by atoms with van der Waals surface area (Å²) in [5, 5.41) is 6.10. The van der Waals surface area contributed by atoms with E-state index in [9.17, 15) is 17.6 Å². The molecule has 0 bridgehead atoms. The summed E-state index contributed by atoms with van der Waals surface area (Å²) in [5.74, 6) is -0.610. The maximum atomic E-state index is 12.8. The molecule has 0 aliphatic heterocycles. The molecule has 30 heavy (non-hydrogen) atoms. The van der Waals surface area contributed by atoms with E-state index in [1.165, 1.54) is 18.3 Å². The summed E-state index contributed by atoms with van der Waals surface area (Å²) >= 11 is 0. The number of para-hydroxylation sites is 1. The SMILES string of the molecule is FC(F)Oc1ccc(/C=N/N(Cc2ccccc2)c2ccccc2)c(OC(F)F)c1. The third-order valence-electron chi connectivity index (χ3n) is 3.99. The lowest BCUT2D eigenvalue weighted by atomic mass is 10.2. The second-order valence-electron chi connectivity index (χ2n) is 6.08. The van der Waals surface area contributed by atoms with Crippen molar-refractivity contribution in [1.82, 2.24) is 0 Å². The predicted molar refractivity (Wildman–Crippen MR) is 106 cm³/mol. The first kappa shape index (κ1) is 21.2. The molecule has 0 saturated carbocycles. The standard InChI is InChI=1S/C22H18F4N2O2/c23-21(24)29-19-12-11-17(20(13-19)30-22(25)26)14-27-28(18-9-5-2-6-10-18)15-16-7-3-1-4-8-16/h1-14,21-22H,15H2/b27-14+. The summed E-state index contributed by atoms with van der Waals surface area (Å²) in [7, 11) is 0. The van der Waals surface area contributed by atoms with E-state index in [-0.39, 0.29) is 17.1 Å². The van der Waals surface area contributed by atoms with Crippen molar-refractivity contribution in [2.75, 3.05) is 5.01 Å². The van der Waals surface area contributed by atoms with Crippen molar-refractivity contribution in [2.24, 2.45) is 5.10 Å². The first-order valence-electron chi connectivity index (χ1n) is 8.95. The van der Waals surface area contributed by atoms with Crippen molar-refractivity contribution >= 4 is 11.9 Å². The molecular weight excluding hydrogens is 400 g/mol. The Morgan fingerprint density at radius 1 is 0.800 bits per heavy atom. The molecule has 3 rings (SSSR count). The molecule has 0 radical (unpaired) electrons. The Balaban J connectivity index is 1.90. The van der Waals surface area contributed by atoms with Crippen molar-refractivity contribution in [3.8, 4) is 11.5 Å². The molecule has 4 nitrogen and oxygen atoms in total. The minimum atomic E-state index is -3.13. The molecule has 0 amide bonds. The van der Waals surface area contributed by atoms with Crippen molar-refractivity contribution < 1.29 is 27.0 Å². The first-order valence-corrected chi connectivity index (χ1v) is 8.95. The van der Waals surface area contributed by atoms with Crippen LogP contribution in [0, 0.1) is 0 Å². The van der Waals surface area contributed by atoms with E-state index in [4.69, 9.17) is 0 Å². The molecule has 0 aromatic heterocycles. The minimum Gasteiger partial charge on any atom is -0.435 e. The molecular formula is C22H18F4N2O2. The fraction of sp³-hybridized carbons (Fsp3) is 0.136. The molecule has 3 aromatic rings. The number of halogens is 4. The van der Waals surface area contributed by atoms with Crippen LogP contribution in [0.25, 0.3) is 0 Å². The van der Waals surface area contributed by atoms with Crippen LogP contribution in [0.15, 0.2) is 84.0 Å². The fourth-order valence-electron chi connectivity index (χ4n) is 2.68. The Kier molecular flexibility index (Phi) is 7.26. The summed E-state index contributed by atoms with van der Waals surface area (Å²) < 4.78 is 59.1. The second-order valence-corrected chi connectivity index (χ2v) is 6.08. The molecule has 0 fully saturated rings. The van der Waals surface area contributed by atoms with Gasteiger partial charge in [-0.2, -0.15) is 22.7 Å². The summed E-state index contributed by atoms with van der Waals surface area (Å²) in [4.78, 5) is 0. The molecule has 0 unspecified atom stereocenters. The number of hydrogen-bond donors (Lipinski definition) is 0. The monoisotopic (exact) mass is 418 g/mol. The van der Waals surface area contributed by atoms with Gasteiger partial charge in [0.05, 0.1) is 18.4 Å². The van der Waals surface area contributed by atoms with Gasteiger partial charge in [0.15, 0.2) is 0 Å². The van der Waals surface area contributed by atoms with Gasteiger partial charge in [-0.05, 0) is 29.8 Å². The number of alkyl halides is 4. The van der Waals surface area contributed by atoms with Crippen LogP contribution in [-0.4, -0.2) is 19.4 Å². The highest BCUT2D eigenvalue weighted by atomic mass is 19.3. The number of ether oxygens (including phenoxy) is 2. The number of benzene rings is 3. The summed E-state index contributed by atoms with van der Waals surface area (Å²) in [6.07, 6.45) is 1.33. The van der Waals surface area contributed by atoms with Crippen LogP contribution < -0.4 is 14.5 Å². The number of rotatable bonds is 9. The van der Waals surface area contributed by atoms with E-state index in [0.29, 0.717) is 6.54 Å². The van der Waals surface area contributed by atoms with Gasteiger partial charge < -0.3 is 9.47 Å². The lowest BCUT2D eigenvalue weighted by Crippen LogP contribution is -2.16. The van der Waals surface area contributed by atoms with Gasteiger partial charge in [-0.15, -0.1) is 0 Å². The van der Waals surface area contributed by atoms with Crippen molar-refractivity contribution in [1.29, 1.82) is 0 Å². The Labute approximate surface area is 171 Å². The van der Waals surface area contributed by atoms with Gasteiger partial charge in [0.25, 0.3) is 0 Å². The molecule has 0 heterocycles. The maximum absolute atomic E-state index is 12.8. The lowest BCUT2D eigenvalue weighted by molar-refractivity contribution is -0.0543. The predicted octanol–water partition coefficient (Wildman–Crippen LogP) is 5.93. The van der Waals surface area contributed by atoms with Crippen LogP contribution in [0.1, 0.15) is 11.1 Å². The lowest BCUT2D eigenvalue weighted by Gasteiger charge is -2.19. The van der Waals surface area contributed by atoms with Gasteiger partial charge in [-0.1, -0.05) is 48.5 Å². The van der Waals surface area contributed by atoms with E-state index < -0.39 is 13.2 Å². The normalized spacial score (nSPS) is 11.3. The zero-order valence-electron chi connectivity index (χ0n) is 15.7. The average molecular weight is 418 g/mol. The van der Waals surface area contributed by atoms with Crippen LogP contribution in [0.2, 0.25) is 0 Å². The number of nitrogens with zero attached hydrogens (tertiary/aromatic N) is 2. The Bertz CT molecular complexity index is 954. The number of hydrogen-bond acceptors (Lipinski definition) is 4. The highest BCUT2D eigenvalue weighted by molar-refractivity contribution is 5.84. The van der Waals surface area contributed by atoms with E-state index in [1.54, 1.807) is 5.01 Å². The minimum absolute atomic E-state index is 0.186. The Morgan fingerprint density at radius 3 is 2.07 bits per heavy atom.